The fourth-order valence-electron chi connectivity index (χ4n) is 3.35. The highest BCUT2D eigenvalue weighted by Gasteiger charge is 2.16. The predicted molar refractivity (Wildman–Crippen MR) is 120 cm³/mol. The molecular formula is C22H18FN3O2S2. The van der Waals surface area contributed by atoms with Crippen LogP contribution in [0.4, 0.5) is 15.2 Å². The number of anilines is 2. The maximum atomic E-state index is 13.9. The zero-order valence-electron chi connectivity index (χ0n) is 15.9. The minimum Gasteiger partial charge on any atom is -0.378 e. The second-order valence-electron chi connectivity index (χ2n) is 6.91. The number of carbonyl (C=O) groups excluding carboxylic acids is 1. The van der Waals surface area contributed by atoms with Crippen molar-refractivity contribution in [3.63, 3.8) is 0 Å². The molecule has 5 nitrogen and oxygen atoms in total. The van der Waals surface area contributed by atoms with Crippen molar-refractivity contribution in [1.82, 2.24) is 4.98 Å². The van der Waals surface area contributed by atoms with Crippen LogP contribution in [0.3, 0.4) is 0 Å². The summed E-state index contributed by atoms with van der Waals surface area (Å²) in [4.78, 5) is 20.0. The van der Waals surface area contributed by atoms with Gasteiger partial charge in [-0.05, 0) is 30.3 Å². The number of fused-ring (bicyclic) bond motifs is 1. The smallest absolute Gasteiger partial charge is 0.265 e. The lowest BCUT2D eigenvalue weighted by atomic mass is 10.1. The number of nitrogens with one attached hydrogen (secondary N) is 1. The molecule has 0 unspecified atom stereocenters. The van der Waals surface area contributed by atoms with Gasteiger partial charge in [-0.15, -0.1) is 22.7 Å². The van der Waals surface area contributed by atoms with Crippen molar-refractivity contribution in [3.05, 3.63) is 64.6 Å². The Bertz CT molecular complexity index is 1200. The Kier molecular flexibility index (Phi) is 5.20. The van der Waals surface area contributed by atoms with E-state index in [1.165, 1.54) is 17.4 Å². The molecule has 0 saturated carbocycles. The van der Waals surface area contributed by atoms with Gasteiger partial charge in [-0.3, -0.25) is 4.79 Å². The van der Waals surface area contributed by atoms with Crippen LogP contribution in [0.5, 0.6) is 0 Å². The lowest BCUT2D eigenvalue weighted by Crippen LogP contribution is -2.36. The van der Waals surface area contributed by atoms with E-state index in [0.717, 1.165) is 47.4 Å². The van der Waals surface area contributed by atoms with Gasteiger partial charge in [0.1, 0.15) is 5.82 Å². The minimum absolute atomic E-state index is 0.244. The summed E-state index contributed by atoms with van der Waals surface area (Å²) < 4.78 is 20.0. The van der Waals surface area contributed by atoms with Gasteiger partial charge in [0.15, 0.2) is 5.13 Å². The number of thiophene rings is 1. The van der Waals surface area contributed by atoms with E-state index < -0.39 is 0 Å². The molecule has 0 radical (unpaired) electrons. The molecule has 3 heterocycles. The molecule has 1 saturated heterocycles. The summed E-state index contributed by atoms with van der Waals surface area (Å²) in [5, 5.41) is 6.41. The number of hydrogen-bond acceptors (Lipinski definition) is 6. The molecule has 152 valence electrons. The highest BCUT2D eigenvalue weighted by atomic mass is 32.1. The van der Waals surface area contributed by atoms with Crippen LogP contribution in [0.2, 0.25) is 0 Å². The van der Waals surface area contributed by atoms with Gasteiger partial charge in [0.2, 0.25) is 0 Å². The van der Waals surface area contributed by atoms with E-state index in [0.29, 0.717) is 16.0 Å². The first-order valence-electron chi connectivity index (χ1n) is 9.55. The second-order valence-corrected chi connectivity index (χ2v) is 8.83. The normalized spacial score (nSPS) is 14.2. The molecule has 1 aliphatic rings. The first-order chi connectivity index (χ1) is 14.7. The average molecular weight is 440 g/mol. The van der Waals surface area contributed by atoms with Crippen LogP contribution in [0, 0.1) is 5.82 Å². The Morgan fingerprint density at radius 3 is 2.70 bits per heavy atom. The number of rotatable bonds is 4. The third kappa shape index (κ3) is 3.81. The monoisotopic (exact) mass is 439 g/mol. The third-order valence-corrected chi connectivity index (χ3v) is 6.94. The molecule has 1 fully saturated rings. The molecule has 4 aromatic rings. The van der Waals surface area contributed by atoms with Crippen LogP contribution in [0.15, 0.2) is 53.9 Å². The number of hydrogen-bond donors (Lipinski definition) is 1. The molecule has 0 atom stereocenters. The topological polar surface area (TPSA) is 54.5 Å². The van der Waals surface area contributed by atoms with Crippen LogP contribution in [-0.4, -0.2) is 37.2 Å². The van der Waals surface area contributed by atoms with Gasteiger partial charge in [-0.1, -0.05) is 18.2 Å². The SMILES string of the molecule is O=C(Nc1ccc(-c2csc(N3CCOCC3)n2)cc1)c1cc2c(F)cccc2s1. The highest BCUT2D eigenvalue weighted by molar-refractivity contribution is 7.20. The van der Waals surface area contributed by atoms with Crippen molar-refractivity contribution in [2.24, 2.45) is 0 Å². The van der Waals surface area contributed by atoms with Crippen molar-refractivity contribution in [2.75, 3.05) is 36.5 Å². The molecule has 2 aromatic carbocycles. The van der Waals surface area contributed by atoms with E-state index in [2.05, 4.69) is 10.2 Å². The van der Waals surface area contributed by atoms with Gasteiger partial charge in [0, 0.05) is 39.8 Å². The molecule has 1 N–H and O–H groups in total. The van der Waals surface area contributed by atoms with Gasteiger partial charge in [0.25, 0.3) is 5.91 Å². The Labute approximate surface area is 180 Å². The van der Waals surface area contributed by atoms with Gasteiger partial charge in [-0.25, -0.2) is 9.37 Å². The number of benzene rings is 2. The Balaban J connectivity index is 1.29. The van der Waals surface area contributed by atoms with E-state index in [9.17, 15) is 9.18 Å². The quantitative estimate of drug-likeness (QED) is 0.472. The Morgan fingerprint density at radius 1 is 1.13 bits per heavy atom. The van der Waals surface area contributed by atoms with Crippen LogP contribution in [0.25, 0.3) is 21.3 Å². The van der Waals surface area contributed by atoms with E-state index in [1.54, 1.807) is 23.5 Å². The maximum Gasteiger partial charge on any atom is 0.265 e. The van der Waals surface area contributed by atoms with E-state index in [4.69, 9.17) is 9.72 Å². The summed E-state index contributed by atoms with van der Waals surface area (Å²) in [5.74, 6) is -0.557. The van der Waals surface area contributed by atoms with Crippen LogP contribution in [0.1, 0.15) is 9.67 Å². The van der Waals surface area contributed by atoms with Crippen molar-refractivity contribution in [2.45, 2.75) is 0 Å². The Hall–Kier alpha value is -2.81. The molecule has 2 aromatic heterocycles. The lowest BCUT2D eigenvalue weighted by molar-refractivity contribution is 0.103. The Morgan fingerprint density at radius 2 is 1.93 bits per heavy atom. The largest absolute Gasteiger partial charge is 0.378 e. The standard InChI is InChI=1S/C22H18FN3O2S2/c23-17-2-1-3-19-16(17)12-20(30-19)21(27)24-15-6-4-14(5-7-15)18-13-29-22(25-18)26-8-10-28-11-9-26/h1-7,12-13H,8-11H2,(H,24,27). The van der Waals surface area contributed by atoms with Crippen molar-refractivity contribution >= 4 is 49.5 Å². The molecular weight excluding hydrogens is 421 g/mol. The lowest BCUT2D eigenvalue weighted by Gasteiger charge is -2.26. The molecule has 8 heteroatoms. The summed E-state index contributed by atoms with van der Waals surface area (Å²) >= 11 is 2.91. The number of halogens is 1. The summed E-state index contributed by atoms with van der Waals surface area (Å²) in [5.41, 5.74) is 2.59. The molecule has 30 heavy (non-hydrogen) atoms. The van der Waals surface area contributed by atoms with Crippen LogP contribution in [-0.2, 0) is 4.74 Å². The fourth-order valence-corrected chi connectivity index (χ4v) is 5.21. The molecule has 5 rings (SSSR count). The van der Waals surface area contributed by atoms with E-state index in [-0.39, 0.29) is 11.7 Å². The second kappa shape index (κ2) is 8.14. The summed E-state index contributed by atoms with van der Waals surface area (Å²) in [6.45, 7) is 3.19. The van der Waals surface area contributed by atoms with Crippen molar-refractivity contribution in [1.29, 1.82) is 0 Å². The zero-order valence-corrected chi connectivity index (χ0v) is 17.6. The number of aromatic nitrogens is 1. The minimum atomic E-state index is -0.313. The van der Waals surface area contributed by atoms with Crippen molar-refractivity contribution < 1.29 is 13.9 Å². The van der Waals surface area contributed by atoms with Crippen LogP contribution < -0.4 is 10.2 Å². The number of nitrogens with zero attached hydrogens (tertiary/aromatic N) is 2. The first-order valence-corrected chi connectivity index (χ1v) is 11.2. The number of morpholine rings is 1. The number of amides is 1. The fraction of sp³-hybridized carbons (Fsp3) is 0.182. The van der Waals surface area contributed by atoms with Gasteiger partial charge < -0.3 is 15.0 Å². The van der Waals surface area contributed by atoms with Crippen LogP contribution >= 0.6 is 22.7 Å². The maximum absolute atomic E-state index is 13.9. The molecule has 1 aliphatic heterocycles. The molecule has 0 bridgehead atoms. The molecule has 1 amide bonds. The predicted octanol–water partition coefficient (Wildman–Crippen LogP) is 5.25. The summed E-state index contributed by atoms with van der Waals surface area (Å²) in [6, 6.07) is 14.1. The number of carbonyl (C=O) groups is 1. The van der Waals surface area contributed by atoms with Gasteiger partial charge in [0.05, 0.1) is 23.8 Å². The van der Waals surface area contributed by atoms with Gasteiger partial charge in [-0.2, -0.15) is 0 Å². The highest BCUT2D eigenvalue weighted by Crippen LogP contribution is 2.30. The number of thiazole rings is 1. The van der Waals surface area contributed by atoms with Gasteiger partial charge >= 0.3 is 0 Å². The third-order valence-electron chi connectivity index (χ3n) is 4.94. The first kappa shape index (κ1) is 19.2. The average Bonchev–Trinajstić information content (AvgIpc) is 3.43. The van der Waals surface area contributed by atoms with E-state index in [1.807, 2.05) is 35.7 Å². The summed E-state index contributed by atoms with van der Waals surface area (Å²) in [7, 11) is 0. The van der Waals surface area contributed by atoms with E-state index >= 15 is 0 Å². The molecule has 0 aliphatic carbocycles. The number of ether oxygens (including phenoxy) is 1. The zero-order chi connectivity index (χ0) is 20.5. The van der Waals surface area contributed by atoms with Crippen molar-refractivity contribution in [3.8, 4) is 11.3 Å². The molecule has 0 spiro atoms. The summed E-state index contributed by atoms with van der Waals surface area (Å²) in [6.07, 6.45) is 0.